The summed E-state index contributed by atoms with van der Waals surface area (Å²) < 4.78 is 10.5. The molecule has 0 radical (unpaired) electrons. The molecule has 6 atom stereocenters. The first kappa shape index (κ1) is 30.9. The van der Waals surface area contributed by atoms with E-state index < -0.39 is 51.1 Å². The molecule has 234 valence electrons. The van der Waals surface area contributed by atoms with Crippen LogP contribution in [0.4, 0.5) is 5.69 Å². The van der Waals surface area contributed by atoms with Gasteiger partial charge in [-0.05, 0) is 67.6 Å². The topological polar surface area (TPSA) is 131 Å². The van der Waals surface area contributed by atoms with E-state index in [4.69, 9.17) is 32.7 Å². The summed E-state index contributed by atoms with van der Waals surface area (Å²) in [6.07, 6.45) is 5.25. The predicted molar refractivity (Wildman–Crippen MR) is 165 cm³/mol. The van der Waals surface area contributed by atoms with Crippen LogP contribution in [0.15, 0.2) is 54.1 Å². The van der Waals surface area contributed by atoms with Gasteiger partial charge in [0.25, 0.3) is 11.8 Å². The summed E-state index contributed by atoms with van der Waals surface area (Å²) in [6, 6.07) is 9.38. The van der Waals surface area contributed by atoms with Crippen molar-refractivity contribution in [1.82, 2.24) is 4.90 Å². The van der Waals surface area contributed by atoms with Crippen molar-refractivity contribution in [1.29, 1.82) is 0 Å². The van der Waals surface area contributed by atoms with Gasteiger partial charge in [-0.1, -0.05) is 23.8 Å². The molecule has 2 saturated heterocycles. The Balaban J connectivity index is 1.44. The van der Waals surface area contributed by atoms with Gasteiger partial charge >= 0.3 is 0 Å². The number of aromatic hydroxyl groups is 1. The number of alkyl halides is 2. The van der Waals surface area contributed by atoms with Crippen LogP contribution in [0.25, 0.3) is 6.08 Å². The number of likely N-dealkylation sites (tertiary alicyclic amines) is 1. The molecule has 0 unspecified atom stereocenters. The van der Waals surface area contributed by atoms with Crippen LogP contribution in [0.2, 0.25) is 0 Å². The van der Waals surface area contributed by atoms with E-state index in [1.54, 1.807) is 48.6 Å². The number of nitrogens with zero attached hydrogens (tertiary/aromatic N) is 2. The number of carbonyl (C=O) groups excluding carboxylic acids is 5. The molecule has 2 aliphatic heterocycles. The fourth-order valence-electron chi connectivity index (χ4n) is 7.31. The molecule has 12 heteroatoms. The summed E-state index contributed by atoms with van der Waals surface area (Å²) in [5, 5.41) is 10.4. The van der Waals surface area contributed by atoms with E-state index in [1.165, 1.54) is 28.2 Å². The lowest BCUT2D eigenvalue weighted by molar-refractivity contribution is -0.138. The molecule has 2 aliphatic carbocycles. The number of methoxy groups -OCH3 is 2. The summed E-state index contributed by atoms with van der Waals surface area (Å²) in [4.78, 5) is 65.0. The smallest absolute Gasteiger partial charge is 0.253 e. The number of fused-ring (bicyclic) bond motifs is 4. The molecule has 2 heterocycles. The first-order chi connectivity index (χ1) is 21.3. The molecule has 0 aromatic heterocycles. The molecular formula is C33H30Cl2N2O8. The van der Waals surface area contributed by atoms with Crippen molar-refractivity contribution in [3.05, 3.63) is 65.3 Å². The van der Waals surface area contributed by atoms with Crippen LogP contribution >= 0.6 is 23.2 Å². The second-order valence-corrected chi connectivity index (χ2v) is 13.0. The van der Waals surface area contributed by atoms with E-state index in [2.05, 4.69) is 0 Å². The molecule has 6 rings (SSSR count). The van der Waals surface area contributed by atoms with Crippen molar-refractivity contribution in [2.24, 2.45) is 23.7 Å². The largest absolute Gasteiger partial charge is 0.502 e. The molecule has 1 N–H and O–H groups in total. The number of amides is 4. The fourth-order valence-corrected chi connectivity index (χ4v) is 8.28. The summed E-state index contributed by atoms with van der Waals surface area (Å²) in [5.41, 5.74) is 1.97. The minimum absolute atomic E-state index is 0.124. The molecule has 0 bridgehead atoms. The van der Waals surface area contributed by atoms with Gasteiger partial charge in [-0.15, -0.1) is 23.2 Å². The number of Topliss-reactive ketones (excluding diaryl/α,β-unsaturated/α-hetero) is 1. The molecule has 4 aliphatic rings. The Hall–Kier alpha value is -4.15. The highest BCUT2D eigenvalue weighted by Gasteiger charge is 2.75. The number of carbonyl (C=O) groups is 5. The van der Waals surface area contributed by atoms with Crippen molar-refractivity contribution < 1.29 is 38.6 Å². The molecule has 2 aromatic carbocycles. The lowest BCUT2D eigenvalue weighted by atomic mass is 9.57. The highest BCUT2D eigenvalue weighted by molar-refractivity contribution is 6.53. The van der Waals surface area contributed by atoms with E-state index in [0.717, 1.165) is 9.80 Å². The normalized spacial score (nSPS) is 30.8. The molecule has 2 aromatic rings. The number of hydrogen-bond donors (Lipinski definition) is 1. The van der Waals surface area contributed by atoms with Crippen molar-refractivity contribution in [2.45, 2.75) is 29.5 Å². The fraction of sp³-hybridized carbons (Fsp3) is 0.364. The number of hydrogen-bond acceptors (Lipinski definition) is 8. The number of anilines is 1. The molecule has 10 nitrogen and oxygen atoms in total. The SMILES string of the molecule is COc1cc(C=C[C@H]2C3=CC[C@@H]4C(=O)N(c5ccc(C(C)=O)cc5)C(=O)[C@@H]4[C@@H]3C[C@@]3(Cl)C(=O)N(C)C(=O)[C@@]23Cl)cc(OC)c1O. The molecule has 3 fully saturated rings. The van der Waals surface area contributed by atoms with Crippen molar-refractivity contribution in [3.8, 4) is 17.2 Å². The van der Waals surface area contributed by atoms with E-state index in [-0.39, 0.29) is 41.8 Å². The predicted octanol–water partition coefficient (Wildman–Crippen LogP) is 4.35. The number of ketones is 1. The van der Waals surface area contributed by atoms with Gasteiger partial charge in [0.2, 0.25) is 17.6 Å². The zero-order valence-corrected chi connectivity index (χ0v) is 26.4. The molecule has 4 amide bonds. The molecular weight excluding hydrogens is 623 g/mol. The van der Waals surface area contributed by atoms with Crippen LogP contribution in [-0.4, -0.2) is 70.4 Å². The van der Waals surface area contributed by atoms with E-state index in [9.17, 15) is 29.1 Å². The second-order valence-electron chi connectivity index (χ2n) is 11.8. The van der Waals surface area contributed by atoms with Gasteiger partial charge in [-0.25, -0.2) is 0 Å². The van der Waals surface area contributed by atoms with E-state index >= 15 is 0 Å². The van der Waals surface area contributed by atoms with E-state index in [1.807, 2.05) is 6.08 Å². The maximum absolute atomic E-state index is 14.1. The summed E-state index contributed by atoms with van der Waals surface area (Å²) in [5.74, 6) is -5.36. The number of ether oxygens (including phenoxy) is 2. The number of benzene rings is 2. The van der Waals surface area contributed by atoms with Gasteiger partial charge in [0.1, 0.15) is 0 Å². The number of allylic oxidation sites excluding steroid dienone is 3. The standard InChI is InChI=1S/C33H30Cl2N2O8/c1-16(38)18-6-8-19(9-7-18)37-28(40)21-11-10-20-22(26(21)29(37)41)15-32(34)30(42)36(2)31(43)33(32,35)23(20)12-5-17-13-24(44-3)27(39)25(14-17)45-4/h5-10,12-14,21-23,26,39H,11,15H2,1-4H3/t21-,22+,23-,26-,32+,33-/m0/s1. The van der Waals surface area contributed by atoms with Crippen LogP contribution < -0.4 is 14.4 Å². The van der Waals surface area contributed by atoms with Crippen LogP contribution in [0.3, 0.4) is 0 Å². The first-order valence-corrected chi connectivity index (χ1v) is 15.1. The Morgan fingerprint density at radius 1 is 0.978 bits per heavy atom. The van der Waals surface area contributed by atoms with Gasteiger partial charge in [0, 0.05) is 18.5 Å². The Morgan fingerprint density at radius 3 is 2.18 bits per heavy atom. The second kappa shape index (κ2) is 10.7. The Morgan fingerprint density at radius 2 is 1.60 bits per heavy atom. The number of rotatable bonds is 6. The van der Waals surface area contributed by atoms with Crippen LogP contribution in [0.5, 0.6) is 17.2 Å². The van der Waals surface area contributed by atoms with Crippen molar-refractivity contribution >= 4 is 64.4 Å². The van der Waals surface area contributed by atoms with Gasteiger partial charge < -0.3 is 14.6 Å². The van der Waals surface area contributed by atoms with Gasteiger partial charge in [-0.3, -0.25) is 33.8 Å². The van der Waals surface area contributed by atoms with Crippen LogP contribution in [0.1, 0.15) is 35.7 Å². The van der Waals surface area contributed by atoms with Crippen molar-refractivity contribution in [3.63, 3.8) is 0 Å². The van der Waals surface area contributed by atoms with Gasteiger partial charge in [0.15, 0.2) is 27.0 Å². The highest BCUT2D eigenvalue weighted by atomic mass is 35.5. The minimum atomic E-state index is -1.91. The minimum Gasteiger partial charge on any atom is -0.502 e. The van der Waals surface area contributed by atoms with Crippen LogP contribution in [0, 0.1) is 23.7 Å². The molecule has 0 spiro atoms. The van der Waals surface area contributed by atoms with Gasteiger partial charge in [-0.2, -0.15) is 0 Å². The lowest BCUT2D eigenvalue weighted by Gasteiger charge is -2.49. The quantitative estimate of drug-likeness (QED) is 0.211. The van der Waals surface area contributed by atoms with Crippen LogP contribution in [-0.2, 0) is 19.2 Å². The third-order valence-electron chi connectivity index (χ3n) is 9.59. The van der Waals surface area contributed by atoms with E-state index in [0.29, 0.717) is 22.4 Å². The number of phenolic OH excluding ortho intramolecular Hbond substituents is 1. The average molecular weight is 654 g/mol. The highest BCUT2D eigenvalue weighted by Crippen LogP contribution is 2.63. The Bertz CT molecular complexity index is 1710. The lowest BCUT2D eigenvalue weighted by Crippen LogP contribution is -2.60. The maximum atomic E-state index is 14.1. The number of imide groups is 2. The zero-order chi connectivity index (χ0) is 32.6. The number of phenols is 1. The number of halogens is 2. The van der Waals surface area contributed by atoms with Gasteiger partial charge in [0.05, 0.1) is 31.7 Å². The summed E-state index contributed by atoms with van der Waals surface area (Å²) in [7, 11) is 4.11. The van der Waals surface area contributed by atoms with Crippen molar-refractivity contribution in [2.75, 3.05) is 26.2 Å². The Kier molecular flexibility index (Phi) is 7.36. The zero-order valence-electron chi connectivity index (χ0n) is 24.9. The summed E-state index contributed by atoms with van der Waals surface area (Å²) in [6.45, 7) is 1.43. The summed E-state index contributed by atoms with van der Waals surface area (Å²) >= 11 is 14.3. The third-order valence-corrected chi connectivity index (χ3v) is 11.0. The monoisotopic (exact) mass is 652 g/mol. The molecule has 45 heavy (non-hydrogen) atoms. The first-order valence-electron chi connectivity index (χ1n) is 14.3. The Labute approximate surface area is 269 Å². The third kappa shape index (κ3) is 4.25. The maximum Gasteiger partial charge on any atom is 0.253 e. The average Bonchev–Trinajstić information content (AvgIpc) is 3.35. The molecule has 1 saturated carbocycles.